The van der Waals surface area contributed by atoms with Gasteiger partial charge in [-0.15, -0.1) is 11.3 Å². The molecule has 29 heavy (non-hydrogen) atoms. The zero-order valence-corrected chi connectivity index (χ0v) is 18.9. The third kappa shape index (κ3) is 4.82. The van der Waals surface area contributed by atoms with Crippen LogP contribution in [0.25, 0.3) is 0 Å². The number of nitrogens with one attached hydrogen (secondary N) is 1. The smallest absolute Gasteiger partial charge is 0.252 e. The summed E-state index contributed by atoms with van der Waals surface area (Å²) >= 11 is 1.24. The lowest BCUT2D eigenvalue weighted by Gasteiger charge is -2.31. The molecule has 0 saturated carbocycles. The van der Waals surface area contributed by atoms with Crippen LogP contribution in [0.3, 0.4) is 0 Å². The number of anilines is 1. The summed E-state index contributed by atoms with van der Waals surface area (Å²) in [4.78, 5) is 13.8. The Morgan fingerprint density at radius 2 is 1.97 bits per heavy atom. The van der Waals surface area contributed by atoms with Crippen molar-refractivity contribution >= 4 is 33.0 Å². The van der Waals surface area contributed by atoms with Crippen molar-refractivity contribution in [3.05, 3.63) is 40.8 Å². The average molecular weight is 437 g/mol. The number of amides is 1. The molecule has 2 N–H and O–H groups in total. The second kappa shape index (κ2) is 8.08. The first-order chi connectivity index (χ1) is 13.5. The minimum absolute atomic E-state index is 0.000646. The summed E-state index contributed by atoms with van der Waals surface area (Å²) in [5.74, 6) is -0.730. The molecule has 1 unspecified atom stereocenters. The molecule has 0 bridgehead atoms. The van der Waals surface area contributed by atoms with Crippen molar-refractivity contribution in [1.29, 1.82) is 0 Å². The molecule has 1 atom stereocenters. The lowest BCUT2D eigenvalue weighted by Crippen LogP contribution is -2.43. The lowest BCUT2D eigenvalue weighted by atomic mass is 9.86. The molecule has 1 amide bonds. The van der Waals surface area contributed by atoms with Gasteiger partial charge in [0, 0.05) is 18.0 Å². The number of phenols is 1. The van der Waals surface area contributed by atoms with Crippen molar-refractivity contribution in [2.75, 3.05) is 18.4 Å². The number of hydrogen-bond acceptors (Lipinski definition) is 5. The van der Waals surface area contributed by atoms with E-state index < -0.39 is 15.9 Å². The van der Waals surface area contributed by atoms with Crippen LogP contribution < -0.4 is 5.32 Å². The fourth-order valence-corrected chi connectivity index (χ4v) is 6.35. The zero-order chi connectivity index (χ0) is 21.4. The molecule has 158 valence electrons. The van der Waals surface area contributed by atoms with Gasteiger partial charge in [-0.05, 0) is 55.0 Å². The molecular formula is C21H28N2O4S2. The Morgan fingerprint density at radius 3 is 2.59 bits per heavy atom. The van der Waals surface area contributed by atoms with Gasteiger partial charge in [0.05, 0.1) is 11.6 Å². The van der Waals surface area contributed by atoms with Crippen LogP contribution >= 0.6 is 11.3 Å². The van der Waals surface area contributed by atoms with E-state index in [0.717, 1.165) is 10.4 Å². The van der Waals surface area contributed by atoms with Crippen molar-refractivity contribution in [3.63, 3.8) is 0 Å². The van der Waals surface area contributed by atoms with Crippen LogP contribution in [-0.2, 0) is 20.2 Å². The molecule has 2 aromatic rings. The number of benzene rings is 1. The fraction of sp³-hybridized carbons (Fsp3) is 0.476. The quantitative estimate of drug-likeness (QED) is 0.707. The van der Waals surface area contributed by atoms with Gasteiger partial charge in [0.25, 0.3) is 10.0 Å². The van der Waals surface area contributed by atoms with E-state index in [1.54, 1.807) is 24.3 Å². The maximum absolute atomic E-state index is 12.9. The lowest BCUT2D eigenvalue weighted by molar-refractivity contribution is -0.120. The van der Waals surface area contributed by atoms with Crippen molar-refractivity contribution in [2.24, 2.45) is 5.92 Å². The number of thiophene rings is 1. The zero-order valence-electron chi connectivity index (χ0n) is 17.2. The standard InChI is InChI=1S/C21H28N2O4S2/c1-14-7-10-19(28-14)29(26,27)23-11-5-6-15(13-23)20(25)22-17-12-16(21(2,3)4)8-9-18(17)24/h7-10,12,15,24H,5-6,11,13H2,1-4H3,(H,22,25). The van der Waals surface area contributed by atoms with Gasteiger partial charge in [0.1, 0.15) is 9.96 Å². The van der Waals surface area contributed by atoms with Gasteiger partial charge >= 0.3 is 0 Å². The molecule has 1 aliphatic heterocycles. The molecule has 2 heterocycles. The molecule has 0 spiro atoms. The minimum Gasteiger partial charge on any atom is -0.506 e. The average Bonchev–Trinajstić information content (AvgIpc) is 3.10. The van der Waals surface area contributed by atoms with Crippen molar-refractivity contribution < 1.29 is 18.3 Å². The number of hydrogen-bond donors (Lipinski definition) is 2. The monoisotopic (exact) mass is 436 g/mol. The van der Waals surface area contributed by atoms with Gasteiger partial charge in [-0.25, -0.2) is 8.42 Å². The molecule has 6 nitrogen and oxygen atoms in total. The number of nitrogens with zero attached hydrogens (tertiary/aromatic N) is 1. The van der Waals surface area contributed by atoms with E-state index in [9.17, 15) is 18.3 Å². The molecule has 1 aromatic carbocycles. The molecule has 1 saturated heterocycles. The van der Waals surface area contributed by atoms with E-state index in [0.29, 0.717) is 29.3 Å². The first kappa shape index (κ1) is 21.8. The van der Waals surface area contributed by atoms with Crippen molar-refractivity contribution in [2.45, 2.75) is 50.2 Å². The van der Waals surface area contributed by atoms with Crippen LogP contribution in [0.5, 0.6) is 5.75 Å². The Kier molecular flexibility index (Phi) is 6.08. The van der Waals surface area contributed by atoms with E-state index in [4.69, 9.17) is 0 Å². The molecular weight excluding hydrogens is 408 g/mol. The number of carbonyl (C=O) groups is 1. The highest BCUT2D eigenvalue weighted by Gasteiger charge is 2.34. The van der Waals surface area contributed by atoms with Crippen LogP contribution in [0.15, 0.2) is 34.5 Å². The number of aromatic hydroxyl groups is 1. The van der Waals surface area contributed by atoms with Gasteiger partial charge in [0.15, 0.2) is 0 Å². The summed E-state index contributed by atoms with van der Waals surface area (Å²) in [7, 11) is -3.59. The maximum Gasteiger partial charge on any atom is 0.252 e. The Hall–Kier alpha value is -1.90. The number of carbonyl (C=O) groups excluding carboxylic acids is 1. The second-order valence-corrected chi connectivity index (χ2v) is 12.0. The summed E-state index contributed by atoms with van der Waals surface area (Å²) in [5.41, 5.74) is 1.23. The molecule has 1 aromatic heterocycles. The maximum atomic E-state index is 12.9. The molecule has 0 aliphatic carbocycles. The van der Waals surface area contributed by atoms with Crippen LogP contribution in [0.1, 0.15) is 44.1 Å². The number of phenolic OH excluding ortho intramolecular Hbond substituents is 1. The highest BCUT2D eigenvalue weighted by atomic mass is 32.2. The van der Waals surface area contributed by atoms with Gasteiger partial charge in [-0.3, -0.25) is 4.79 Å². The number of sulfonamides is 1. The van der Waals surface area contributed by atoms with Gasteiger partial charge in [0.2, 0.25) is 5.91 Å². The number of piperidine rings is 1. The highest BCUT2D eigenvalue weighted by Crippen LogP contribution is 2.32. The molecule has 1 fully saturated rings. The second-order valence-electron chi connectivity index (χ2n) is 8.54. The van der Waals surface area contributed by atoms with Gasteiger partial charge in [-0.2, -0.15) is 4.31 Å². The van der Waals surface area contributed by atoms with Crippen LogP contribution in [0, 0.1) is 12.8 Å². The van der Waals surface area contributed by atoms with E-state index in [2.05, 4.69) is 26.1 Å². The topological polar surface area (TPSA) is 86.7 Å². The number of rotatable bonds is 4. The van der Waals surface area contributed by atoms with Crippen molar-refractivity contribution in [1.82, 2.24) is 4.31 Å². The SMILES string of the molecule is Cc1ccc(S(=O)(=O)N2CCCC(C(=O)Nc3cc(C(C)(C)C)ccc3O)C2)s1. The van der Waals surface area contributed by atoms with Gasteiger partial charge < -0.3 is 10.4 Å². The predicted octanol–water partition coefficient (Wildman–Crippen LogP) is 4.10. The normalized spacial score (nSPS) is 18.6. The first-order valence-corrected chi connectivity index (χ1v) is 11.9. The molecule has 0 radical (unpaired) electrons. The fourth-order valence-electron chi connectivity index (χ4n) is 3.39. The Bertz CT molecular complexity index is 1010. The minimum atomic E-state index is -3.59. The Labute approximate surface area is 176 Å². The highest BCUT2D eigenvalue weighted by molar-refractivity contribution is 7.91. The van der Waals surface area contributed by atoms with Crippen LogP contribution in [0.4, 0.5) is 5.69 Å². The summed E-state index contributed by atoms with van der Waals surface area (Å²) in [5, 5.41) is 13.0. The van der Waals surface area contributed by atoms with Crippen LogP contribution in [0.2, 0.25) is 0 Å². The van der Waals surface area contributed by atoms with E-state index in [1.807, 2.05) is 13.0 Å². The summed E-state index contributed by atoms with van der Waals surface area (Å²) in [6, 6.07) is 8.60. The summed E-state index contributed by atoms with van der Waals surface area (Å²) in [6.07, 6.45) is 1.23. The van der Waals surface area contributed by atoms with E-state index in [-0.39, 0.29) is 23.6 Å². The van der Waals surface area contributed by atoms with Crippen LogP contribution in [-0.4, -0.2) is 36.8 Å². The Morgan fingerprint density at radius 1 is 1.24 bits per heavy atom. The summed E-state index contributed by atoms with van der Waals surface area (Å²) < 4.78 is 27.5. The third-order valence-corrected chi connectivity index (χ3v) is 8.52. The molecule has 3 rings (SSSR count). The largest absolute Gasteiger partial charge is 0.506 e. The van der Waals surface area contributed by atoms with Crippen molar-refractivity contribution in [3.8, 4) is 5.75 Å². The van der Waals surface area contributed by atoms with E-state index >= 15 is 0 Å². The van der Waals surface area contributed by atoms with E-state index in [1.165, 1.54) is 15.6 Å². The Balaban J connectivity index is 1.75. The molecule has 8 heteroatoms. The predicted molar refractivity (Wildman–Crippen MR) is 116 cm³/mol. The first-order valence-electron chi connectivity index (χ1n) is 9.69. The van der Waals surface area contributed by atoms with Gasteiger partial charge in [-0.1, -0.05) is 26.8 Å². The molecule has 1 aliphatic rings. The third-order valence-electron chi connectivity index (χ3n) is 5.19. The summed E-state index contributed by atoms with van der Waals surface area (Å²) in [6.45, 7) is 8.59. The number of aryl methyl sites for hydroxylation is 1.